The van der Waals surface area contributed by atoms with Crippen LogP contribution in [0.1, 0.15) is 103 Å². The van der Waals surface area contributed by atoms with Crippen LogP contribution in [0.2, 0.25) is 0 Å². The summed E-state index contributed by atoms with van der Waals surface area (Å²) in [5, 5.41) is 17.7. The Balaban J connectivity index is 0. The lowest BCUT2D eigenvalue weighted by Gasteiger charge is -2.05. The minimum absolute atomic E-state index is 0.396. The maximum absolute atomic E-state index is 10.4. The molecule has 1 unspecified atom stereocenters. The largest absolute Gasteiger partial charge is 0.479 e. The second-order valence-corrected chi connectivity index (χ2v) is 6.82. The first kappa shape index (κ1) is 26.6. The quantitative estimate of drug-likeness (QED) is 0.290. The normalized spacial score (nSPS) is 11.7. The highest BCUT2D eigenvalue weighted by molar-refractivity contribution is 5.71. The Morgan fingerprint density at radius 1 is 0.720 bits per heavy atom. The third kappa shape index (κ3) is 25.7. The molecule has 5 nitrogen and oxygen atoms in total. The first-order valence-corrected chi connectivity index (χ1v) is 10.4. The molecule has 0 heterocycles. The molecule has 25 heavy (non-hydrogen) atoms. The van der Waals surface area contributed by atoms with E-state index in [1.807, 2.05) is 0 Å². The summed E-state index contributed by atoms with van der Waals surface area (Å²) in [6.07, 6.45) is 17.3. The fraction of sp³-hybridized carbons (Fsp3) is 0.950. The Bertz CT molecular complexity index is 261. The van der Waals surface area contributed by atoms with Crippen molar-refractivity contribution < 1.29 is 15.0 Å². The van der Waals surface area contributed by atoms with Crippen LogP contribution < -0.4 is 11.5 Å². The number of aliphatic hydroxyl groups is 1. The number of hydrogen-bond acceptors (Lipinski definition) is 4. The molecule has 0 saturated carbocycles. The van der Waals surface area contributed by atoms with E-state index in [1.165, 1.54) is 77.0 Å². The summed E-state index contributed by atoms with van der Waals surface area (Å²) in [6, 6.07) is 0. The van der Waals surface area contributed by atoms with Crippen LogP contribution in [-0.4, -0.2) is 35.4 Å². The first-order valence-electron chi connectivity index (χ1n) is 10.4. The summed E-state index contributed by atoms with van der Waals surface area (Å²) < 4.78 is 0. The Morgan fingerprint density at radius 2 is 1.04 bits per heavy atom. The lowest BCUT2D eigenvalue weighted by Crippen LogP contribution is -2.18. The van der Waals surface area contributed by atoms with Gasteiger partial charge >= 0.3 is 5.97 Å². The lowest BCUT2D eigenvalue weighted by molar-refractivity contribution is -0.146. The van der Waals surface area contributed by atoms with E-state index in [9.17, 15) is 4.79 Å². The van der Waals surface area contributed by atoms with E-state index in [-0.39, 0.29) is 0 Å². The molecule has 0 aliphatic heterocycles. The first-order chi connectivity index (χ1) is 12.1. The predicted molar refractivity (Wildman–Crippen MR) is 107 cm³/mol. The molecule has 0 aliphatic rings. The van der Waals surface area contributed by atoms with Crippen molar-refractivity contribution in [1.29, 1.82) is 0 Å². The zero-order valence-electron chi connectivity index (χ0n) is 16.6. The van der Waals surface area contributed by atoms with Gasteiger partial charge < -0.3 is 21.7 Å². The average Bonchev–Trinajstić information content (AvgIpc) is 2.61. The number of carboxylic acid groups (broad SMARTS) is 1. The molecule has 0 radical (unpaired) electrons. The molecular weight excluding hydrogens is 316 g/mol. The van der Waals surface area contributed by atoms with Gasteiger partial charge in [-0.05, 0) is 6.42 Å². The van der Waals surface area contributed by atoms with Crippen molar-refractivity contribution >= 4 is 5.97 Å². The number of unbranched alkanes of at least 4 members (excludes halogenated alkanes) is 13. The van der Waals surface area contributed by atoms with Crippen molar-refractivity contribution in [3.8, 4) is 0 Å². The molecule has 0 aromatic heterocycles. The highest BCUT2D eigenvalue weighted by Crippen LogP contribution is 2.13. The van der Waals surface area contributed by atoms with Crippen molar-refractivity contribution in [2.24, 2.45) is 11.5 Å². The third-order valence-electron chi connectivity index (χ3n) is 4.28. The van der Waals surface area contributed by atoms with Gasteiger partial charge in [0.2, 0.25) is 0 Å². The zero-order valence-corrected chi connectivity index (χ0v) is 16.6. The number of carbonyl (C=O) groups is 1. The van der Waals surface area contributed by atoms with Crippen molar-refractivity contribution in [3.05, 3.63) is 0 Å². The summed E-state index contributed by atoms with van der Waals surface area (Å²) in [6.45, 7) is 3.45. The zero-order chi connectivity index (χ0) is 19.2. The van der Waals surface area contributed by atoms with E-state index in [2.05, 4.69) is 6.92 Å². The van der Waals surface area contributed by atoms with Gasteiger partial charge in [0.1, 0.15) is 0 Å². The molecule has 0 aromatic carbocycles. The predicted octanol–water partition coefficient (Wildman–Crippen LogP) is 4.21. The highest BCUT2D eigenvalue weighted by atomic mass is 16.4. The van der Waals surface area contributed by atoms with E-state index >= 15 is 0 Å². The molecule has 0 fully saturated rings. The van der Waals surface area contributed by atoms with Crippen LogP contribution in [0.15, 0.2) is 0 Å². The number of hydrogen-bond donors (Lipinski definition) is 4. The molecule has 152 valence electrons. The summed E-state index contributed by atoms with van der Waals surface area (Å²) in [5.41, 5.74) is 9.81. The molecule has 5 heteroatoms. The van der Waals surface area contributed by atoms with Crippen LogP contribution in [0.25, 0.3) is 0 Å². The second kappa shape index (κ2) is 23.4. The molecule has 0 bridgehead atoms. The minimum atomic E-state index is -1.16. The van der Waals surface area contributed by atoms with Crippen molar-refractivity contribution in [1.82, 2.24) is 0 Å². The van der Waals surface area contributed by atoms with E-state index in [1.54, 1.807) is 0 Å². The number of rotatable bonds is 17. The van der Waals surface area contributed by atoms with Crippen LogP contribution in [0, 0.1) is 0 Å². The monoisotopic (exact) mass is 360 g/mol. The minimum Gasteiger partial charge on any atom is -0.479 e. The van der Waals surface area contributed by atoms with Gasteiger partial charge in [-0.15, -0.1) is 0 Å². The smallest absolute Gasteiger partial charge is 0.332 e. The van der Waals surface area contributed by atoms with E-state index < -0.39 is 12.1 Å². The second-order valence-electron chi connectivity index (χ2n) is 6.82. The van der Waals surface area contributed by atoms with Gasteiger partial charge in [-0.25, -0.2) is 4.79 Å². The Morgan fingerprint density at radius 3 is 1.32 bits per heavy atom. The van der Waals surface area contributed by atoms with Crippen molar-refractivity contribution in [3.63, 3.8) is 0 Å². The molecule has 0 saturated heterocycles. The Labute approximate surface area is 155 Å². The standard InChI is InChI=1S/C18H36O3.C2H8N2/c1-2-3-4-5-6-7-8-9-10-11-12-13-14-15-16-17(19)18(20)21;3-1-2-4/h17,19H,2-16H2,1H3,(H,20,21);1-4H2. The van der Waals surface area contributed by atoms with Gasteiger partial charge in [-0.2, -0.15) is 0 Å². The third-order valence-corrected chi connectivity index (χ3v) is 4.28. The molecule has 0 spiro atoms. The van der Waals surface area contributed by atoms with Gasteiger partial charge in [0.15, 0.2) is 6.10 Å². The van der Waals surface area contributed by atoms with Gasteiger partial charge in [0.25, 0.3) is 0 Å². The molecule has 1 atom stereocenters. The van der Waals surface area contributed by atoms with Gasteiger partial charge in [0, 0.05) is 13.1 Å². The average molecular weight is 361 g/mol. The molecule has 6 N–H and O–H groups in total. The number of aliphatic hydroxyl groups excluding tert-OH is 1. The van der Waals surface area contributed by atoms with E-state index in [4.69, 9.17) is 21.7 Å². The SMILES string of the molecule is CCCCCCCCCCCCCCCCC(O)C(=O)O.NCCN. The molecule has 0 aromatic rings. The Hall–Kier alpha value is -0.650. The number of carboxylic acids is 1. The Kier molecular flexibility index (Phi) is 24.8. The van der Waals surface area contributed by atoms with Crippen LogP contribution in [-0.2, 0) is 4.79 Å². The van der Waals surface area contributed by atoms with Crippen LogP contribution >= 0.6 is 0 Å². The summed E-state index contributed by atoms with van der Waals surface area (Å²) >= 11 is 0. The number of nitrogens with two attached hydrogens (primary N) is 2. The van der Waals surface area contributed by atoms with Gasteiger partial charge in [0.05, 0.1) is 0 Å². The van der Waals surface area contributed by atoms with E-state index in [0.29, 0.717) is 19.5 Å². The topological polar surface area (TPSA) is 110 Å². The maximum atomic E-state index is 10.4. The van der Waals surface area contributed by atoms with Gasteiger partial charge in [-0.3, -0.25) is 0 Å². The molecule has 0 aliphatic carbocycles. The summed E-state index contributed by atoms with van der Waals surface area (Å²) in [4.78, 5) is 10.4. The lowest BCUT2D eigenvalue weighted by atomic mass is 10.0. The van der Waals surface area contributed by atoms with Crippen molar-refractivity contribution in [2.45, 2.75) is 109 Å². The maximum Gasteiger partial charge on any atom is 0.332 e. The van der Waals surface area contributed by atoms with Crippen LogP contribution in [0.4, 0.5) is 0 Å². The fourth-order valence-corrected chi connectivity index (χ4v) is 2.66. The fourth-order valence-electron chi connectivity index (χ4n) is 2.66. The molecular formula is C20H44N2O3. The molecule has 0 amide bonds. The van der Waals surface area contributed by atoms with E-state index in [0.717, 1.165) is 12.8 Å². The summed E-state index contributed by atoms with van der Waals surface area (Å²) in [5.74, 6) is -1.09. The highest BCUT2D eigenvalue weighted by Gasteiger charge is 2.11. The van der Waals surface area contributed by atoms with Crippen LogP contribution in [0.5, 0.6) is 0 Å². The van der Waals surface area contributed by atoms with Crippen LogP contribution in [0.3, 0.4) is 0 Å². The number of aliphatic carboxylic acids is 1. The molecule has 0 rings (SSSR count). The summed E-state index contributed by atoms with van der Waals surface area (Å²) in [7, 11) is 0. The van der Waals surface area contributed by atoms with Gasteiger partial charge in [-0.1, -0.05) is 96.8 Å². The van der Waals surface area contributed by atoms with Crippen molar-refractivity contribution in [2.75, 3.05) is 13.1 Å².